The van der Waals surface area contributed by atoms with Crippen LogP contribution in [0.1, 0.15) is 36.8 Å². The first-order valence-electron chi connectivity index (χ1n) is 7.10. The maximum absolute atomic E-state index is 11.7. The third-order valence-electron chi connectivity index (χ3n) is 3.23. The number of aryl methyl sites for hydroxylation is 2. The Bertz CT molecular complexity index is 559. The average Bonchev–Trinajstić information content (AvgIpc) is 2.42. The Kier molecular flexibility index (Phi) is 5.09. The van der Waals surface area contributed by atoms with E-state index in [1.165, 1.54) is 0 Å². The van der Waals surface area contributed by atoms with Crippen LogP contribution in [-0.2, 0) is 9.59 Å². The van der Waals surface area contributed by atoms with E-state index in [2.05, 4.69) is 10.5 Å². The predicted molar refractivity (Wildman–Crippen MR) is 80.5 cm³/mol. The van der Waals surface area contributed by atoms with Crippen molar-refractivity contribution >= 4 is 17.4 Å². The van der Waals surface area contributed by atoms with Gasteiger partial charge in [-0.05, 0) is 49.9 Å². The molecule has 112 valence electrons. The molecule has 1 aromatic carbocycles. The number of hydrogen-bond acceptors (Lipinski definition) is 4. The van der Waals surface area contributed by atoms with E-state index in [0.717, 1.165) is 29.7 Å². The molecule has 0 heterocycles. The van der Waals surface area contributed by atoms with Crippen molar-refractivity contribution in [1.29, 1.82) is 0 Å². The van der Waals surface area contributed by atoms with Gasteiger partial charge in [0.25, 0.3) is 5.91 Å². The van der Waals surface area contributed by atoms with Crippen molar-refractivity contribution < 1.29 is 14.3 Å². The standard InChI is InChI=1S/C16H20N2O3/c1-11-6-12(2)8-15(7-11)21-10-16(20)18-17-13-4-3-5-14(19)9-13/h6-8H,3-5,9-10H2,1-2H3,(H,18,20)/b17-13+. The van der Waals surface area contributed by atoms with Gasteiger partial charge in [-0.3, -0.25) is 9.59 Å². The third kappa shape index (κ3) is 5.02. The summed E-state index contributed by atoms with van der Waals surface area (Å²) in [5, 5.41) is 4.00. The highest BCUT2D eigenvalue weighted by atomic mass is 16.5. The molecule has 5 nitrogen and oxygen atoms in total. The van der Waals surface area contributed by atoms with Gasteiger partial charge in [-0.15, -0.1) is 0 Å². The molecule has 1 aliphatic carbocycles. The van der Waals surface area contributed by atoms with Crippen molar-refractivity contribution in [3.63, 3.8) is 0 Å². The molecule has 1 aliphatic rings. The van der Waals surface area contributed by atoms with Gasteiger partial charge in [-0.1, -0.05) is 6.07 Å². The molecule has 21 heavy (non-hydrogen) atoms. The van der Waals surface area contributed by atoms with Gasteiger partial charge < -0.3 is 4.74 Å². The molecule has 1 saturated carbocycles. The molecule has 1 amide bonds. The molecule has 2 rings (SSSR count). The summed E-state index contributed by atoms with van der Waals surface area (Å²) in [5.41, 5.74) is 5.36. The molecule has 1 fully saturated rings. The van der Waals surface area contributed by atoms with Gasteiger partial charge in [0.2, 0.25) is 0 Å². The molecule has 1 aromatic rings. The van der Waals surface area contributed by atoms with Crippen LogP contribution in [0.25, 0.3) is 0 Å². The minimum absolute atomic E-state index is 0.0897. The summed E-state index contributed by atoms with van der Waals surface area (Å²) in [6.07, 6.45) is 2.54. The smallest absolute Gasteiger partial charge is 0.277 e. The summed E-state index contributed by atoms with van der Waals surface area (Å²) in [6.45, 7) is 3.87. The molecular formula is C16H20N2O3. The van der Waals surface area contributed by atoms with Crippen LogP contribution in [0.2, 0.25) is 0 Å². The topological polar surface area (TPSA) is 67.8 Å². The summed E-state index contributed by atoms with van der Waals surface area (Å²) in [6, 6.07) is 5.80. The fourth-order valence-corrected chi connectivity index (χ4v) is 2.33. The fraction of sp³-hybridized carbons (Fsp3) is 0.438. The Labute approximate surface area is 124 Å². The largest absolute Gasteiger partial charge is 0.484 e. The van der Waals surface area contributed by atoms with E-state index in [4.69, 9.17) is 4.74 Å². The van der Waals surface area contributed by atoms with Gasteiger partial charge in [-0.2, -0.15) is 5.10 Å². The van der Waals surface area contributed by atoms with Crippen LogP contribution in [0.3, 0.4) is 0 Å². The van der Waals surface area contributed by atoms with Crippen molar-refractivity contribution in [1.82, 2.24) is 5.43 Å². The molecule has 0 unspecified atom stereocenters. The number of amides is 1. The monoisotopic (exact) mass is 288 g/mol. The molecule has 0 atom stereocenters. The van der Waals surface area contributed by atoms with Crippen molar-refractivity contribution in [2.45, 2.75) is 39.5 Å². The predicted octanol–water partition coefficient (Wildman–Crippen LogP) is 2.30. The zero-order valence-electron chi connectivity index (χ0n) is 12.4. The quantitative estimate of drug-likeness (QED) is 0.864. The number of Topliss-reactive ketones (excluding diaryl/α,β-unsaturated/α-hetero) is 1. The second kappa shape index (κ2) is 7.02. The lowest BCUT2D eigenvalue weighted by Gasteiger charge is -2.11. The molecule has 0 bridgehead atoms. The van der Waals surface area contributed by atoms with Crippen LogP contribution < -0.4 is 10.2 Å². The number of benzene rings is 1. The van der Waals surface area contributed by atoms with Gasteiger partial charge in [-0.25, -0.2) is 5.43 Å². The second-order valence-corrected chi connectivity index (χ2v) is 5.39. The molecular weight excluding hydrogens is 268 g/mol. The molecule has 1 N–H and O–H groups in total. The van der Waals surface area contributed by atoms with E-state index < -0.39 is 0 Å². The van der Waals surface area contributed by atoms with Crippen molar-refractivity contribution in [3.8, 4) is 5.75 Å². The number of ketones is 1. The maximum atomic E-state index is 11.7. The van der Waals surface area contributed by atoms with Gasteiger partial charge in [0.05, 0.1) is 0 Å². The summed E-state index contributed by atoms with van der Waals surface area (Å²) in [5.74, 6) is 0.531. The molecule has 5 heteroatoms. The molecule has 0 spiro atoms. The van der Waals surface area contributed by atoms with E-state index >= 15 is 0 Å². The van der Waals surface area contributed by atoms with Crippen LogP contribution in [-0.4, -0.2) is 24.0 Å². The summed E-state index contributed by atoms with van der Waals surface area (Å²) < 4.78 is 5.44. The maximum Gasteiger partial charge on any atom is 0.277 e. The molecule has 0 saturated heterocycles. The fourth-order valence-electron chi connectivity index (χ4n) is 2.33. The highest BCUT2D eigenvalue weighted by Crippen LogP contribution is 2.16. The number of ether oxygens (including phenoxy) is 1. The van der Waals surface area contributed by atoms with Gasteiger partial charge in [0.15, 0.2) is 6.61 Å². The highest BCUT2D eigenvalue weighted by molar-refractivity contribution is 6.04. The van der Waals surface area contributed by atoms with Crippen molar-refractivity contribution in [2.75, 3.05) is 6.61 Å². The second-order valence-electron chi connectivity index (χ2n) is 5.39. The number of hydrogen-bond donors (Lipinski definition) is 1. The third-order valence-corrected chi connectivity index (χ3v) is 3.23. The zero-order chi connectivity index (χ0) is 15.2. The van der Waals surface area contributed by atoms with E-state index in [0.29, 0.717) is 18.6 Å². The Morgan fingerprint density at radius 1 is 1.24 bits per heavy atom. The number of rotatable bonds is 4. The summed E-state index contributed by atoms with van der Waals surface area (Å²) >= 11 is 0. The Hall–Kier alpha value is -2.17. The number of carbonyl (C=O) groups is 2. The molecule has 0 aromatic heterocycles. The zero-order valence-corrected chi connectivity index (χ0v) is 12.4. The Balaban J connectivity index is 1.82. The number of nitrogens with zero attached hydrogens (tertiary/aromatic N) is 1. The first-order valence-corrected chi connectivity index (χ1v) is 7.10. The molecule has 0 aliphatic heterocycles. The summed E-state index contributed by atoms with van der Waals surface area (Å²) in [7, 11) is 0. The lowest BCUT2D eigenvalue weighted by Crippen LogP contribution is -2.27. The van der Waals surface area contributed by atoms with Gasteiger partial charge >= 0.3 is 0 Å². The van der Waals surface area contributed by atoms with E-state index in [-0.39, 0.29) is 18.3 Å². The average molecular weight is 288 g/mol. The van der Waals surface area contributed by atoms with E-state index in [1.807, 2.05) is 32.0 Å². The minimum atomic E-state index is -0.320. The Morgan fingerprint density at radius 2 is 1.95 bits per heavy atom. The molecule has 0 radical (unpaired) electrons. The summed E-state index contributed by atoms with van der Waals surface area (Å²) in [4.78, 5) is 23.0. The van der Waals surface area contributed by atoms with Crippen LogP contribution in [0.5, 0.6) is 5.75 Å². The van der Waals surface area contributed by atoms with Gasteiger partial charge in [0, 0.05) is 18.6 Å². The van der Waals surface area contributed by atoms with Crippen LogP contribution in [0.15, 0.2) is 23.3 Å². The number of hydrazone groups is 1. The Morgan fingerprint density at radius 3 is 2.62 bits per heavy atom. The van der Waals surface area contributed by atoms with E-state index in [9.17, 15) is 9.59 Å². The number of carbonyl (C=O) groups excluding carboxylic acids is 2. The first-order chi connectivity index (χ1) is 10.0. The van der Waals surface area contributed by atoms with Crippen molar-refractivity contribution in [3.05, 3.63) is 29.3 Å². The lowest BCUT2D eigenvalue weighted by atomic mass is 9.97. The SMILES string of the molecule is Cc1cc(C)cc(OCC(=O)N/N=C2\CCCC(=O)C2)c1. The van der Waals surface area contributed by atoms with Crippen LogP contribution in [0, 0.1) is 13.8 Å². The highest BCUT2D eigenvalue weighted by Gasteiger charge is 2.14. The van der Waals surface area contributed by atoms with E-state index in [1.54, 1.807) is 0 Å². The minimum Gasteiger partial charge on any atom is -0.484 e. The van der Waals surface area contributed by atoms with Gasteiger partial charge in [0.1, 0.15) is 11.5 Å². The first kappa shape index (κ1) is 15.2. The van der Waals surface area contributed by atoms with Crippen LogP contribution >= 0.6 is 0 Å². The van der Waals surface area contributed by atoms with Crippen LogP contribution in [0.4, 0.5) is 0 Å². The van der Waals surface area contributed by atoms with Crippen molar-refractivity contribution in [2.24, 2.45) is 5.10 Å². The number of nitrogens with one attached hydrogen (secondary N) is 1. The lowest BCUT2D eigenvalue weighted by molar-refractivity contribution is -0.123. The normalized spacial score (nSPS) is 16.9.